The van der Waals surface area contributed by atoms with Crippen LogP contribution in [0, 0.1) is 11.7 Å². The lowest BCUT2D eigenvalue weighted by Gasteiger charge is -2.25. The molecule has 0 aromatic heterocycles. The van der Waals surface area contributed by atoms with Gasteiger partial charge < -0.3 is 9.47 Å². The number of hydrogen-bond donors (Lipinski definition) is 0. The molecule has 3 rings (SSSR count). The number of rotatable bonds is 7. The van der Waals surface area contributed by atoms with Gasteiger partial charge in [0.15, 0.2) is 0 Å². The predicted octanol–water partition coefficient (Wildman–Crippen LogP) is 8.63. The van der Waals surface area contributed by atoms with Gasteiger partial charge in [-0.2, -0.15) is 26.3 Å². The first-order chi connectivity index (χ1) is 17.2. The number of halogens is 7. The van der Waals surface area contributed by atoms with Crippen LogP contribution in [-0.4, -0.2) is 13.1 Å². The molecule has 0 amide bonds. The molecule has 0 radical (unpaired) electrons. The van der Waals surface area contributed by atoms with Gasteiger partial charge in [0, 0.05) is 6.07 Å². The summed E-state index contributed by atoms with van der Waals surface area (Å²) in [5, 5.41) is 0. The van der Waals surface area contributed by atoms with Crippen LogP contribution in [-0.2, 0) is 21.9 Å². The van der Waals surface area contributed by atoms with Crippen molar-refractivity contribution < 1.29 is 45.0 Å². The number of benzene rings is 3. The highest BCUT2D eigenvalue weighted by molar-refractivity contribution is 5.81. The molecule has 0 spiro atoms. The molecule has 1 unspecified atom stereocenters. The molecule has 3 aromatic carbocycles. The van der Waals surface area contributed by atoms with Gasteiger partial charge in [-0.25, -0.2) is 4.39 Å². The maximum Gasteiger partial charge on any atom is 0.420 e. The van der Waals surface area contributed by atoms with E-state index in [1.165, 1.54) is 6.07 Å². The lowest BCUT2D eigenvalue weighted by atomic mass is 9.85. The van der Waals surface area contributed by atoms with E-state index in [2.05, 4.69) is 0 Å². The molecule has 0 saturated heterocycles. The quantitative estimate of drug-likeness (QED) is 0.228. The number of hydrogen-bond acceptors (Lipinski definition) is 3. The minimum atomic E-state index is -5.08. The van der Waals surface area contributed by atoms with Crippen molar-refractivity contribution in [2.45, 2.75) is 38.5 Å². The van der Waals surface area contributed by atoms with Crippen LogP contribution in [0.5, 0.6) is 11.5 Å². The van der Waals surface area contributed by atoms with E-state index in [1.807, 2.05) is 0 Å². The summed E-state index contributed by atoms with van der Waals surface area (Å²) in [6.07, 6.45) is -10.0. The van der Waals surface area contributed by atoms with Crippen molar-refractivity contribution in [1.82, 2.24) is 0 Å². The van der Waals surface area contributed by atoms with E-state index >= 15 is 0 Å². The summed E-state index contributed by atoms with van der Waals surface area (Å²) in [5.41, 5.74) is -2.57. The van der Waals surface area contributed by atoms with Crippen LogP contribution in [0.15, 0.2) is 60.7 Å². The summed E-state index contributed by atoms with van der Waals surface area (Å²) in [5.74, 6) is -5.49. The maximum absolute atomic E-state index is 14.5. The number of carbonyl (C=O) groups excluding carboxylic acids is 1. The van der Waals surface area contributed by atoms with E-state index in [-0.39, 0.29) is 24.0 Å². The fraction of sp³-hybridized carbons (Fsp3) is 0.296. The van der Waals surface area contributed by atoms with Crippen LogP contribution in [0.25, 0.3) is 11.1 Å². The molecule has 10 heteroatoms. The third-order valence-corrected chi connectivity index (χ3v) is 5.52. The van der Waals surface area contributed by atoms with Gasteiger partial charge >= 0.3 is 18.3 Å². The molecule has 1 atom stereocenters. The standard InChI is InChI=1S/C27H23F7O3/c1-15(2)9-22(25(35)36-3)21-10-17(16-7-5-4-6-8-16)11-23(24(21)27(32,33)34)37-20-13-18(26(29,30)31)12-19(28)14-20/h4-8,10-15,22H,9H2,1-3H3. The first-order valence-corrected chi connectivity index (χ1v) is 11.1. The Labute approximate surface area is 208 Å². The van der Waals surface area contributed by atoms with Crippen molar-refractivity contribution >= 4 is 5.97 Å². The molecule has 0 N–H and O–H groups in total. The average Bonchev–Trinajstić information content (AvgIpc) is 2.80. The third kappa shape index (κ3) is 6.81. The largest absolute Gasteiger partial charge is 0.469 e. The summed E-state index contributed by atoms with van der Waals surface area (Å²) in [4.78, 5) is 12.6. The molecule has 0 heterocycles. The van der Waals surface area contributed by atoms with Crippen LogP contribution in [0.3, 0.4) is 0 Å². The van der Waals surface area contributed by atoms with E-state index in [0.29, 0.717) is 17.7 Å². The molecular formula is C27H23F7O3. The van der Waals surface area contributed by atoms with Gasteiger partial charge in [0.25, 0.3) is 0 Å². The highest BCUT2D eigenvalue weighted by atomic mass is 19.4. The van der Waals surface area contributed by atoms with E-state index in [4.69, 9.17) is 9.47 Å². The van der Waals surface area contributed by atoms with Crippen molar-refractivity contribution in [3.05, 3.63) is 83.2 Å². The molecule has 0 saturated carbocycles. The van der Waals surface area contributed by atoms with Crippen LogP contribution >= 0.6 is 0 Å². The Morgan fingerprint density at radius 3 is 2.05 bits per heavy atom. The number of esters is 1. The van der Waals surface area contributed by atoms with Crippen molar-refractivity contribution in [2.24, 2.45) is 5.92 Å². The van der Waals surface area contributed by atoms with E-state index in [1.54, 1.807) is 44.2 Å². The van der Waals surface area contributed by atoms with Gasteiger partial charge in [0.05, 0.1) is 18.6 Å². The van der Waals surface area contributed by atoms with Crippen molar-refractivity contribution in [2.75, 3.05) is 7.11 Å². The second kappa shape index (κ2) is 10.8. The summed E-state index contributed by atoms with van der Waals surface area (Å²) in [6.45, 7) is 3.43. The minimum Gasteiger partial charge on any atom is -0.469 e. The van der Waals surface area contributed by atoms with Crippen LogP contribution < -0.4 is 4.74 Å². The zero-order valence-corrected chi connectivity index (χ0v) is 20.0. The maximum atomic E-state index is 14.5. The van der Waals surface area contributed by atoms with Gasteiger partial charge in [-0.15, -0.1) is 0 Å². The number of carbonyl (C=O) groups is 1. The zero-order chi connectivity index (χ0) is 27.5. The highest BCUT2D eigenvalue weighted by Crippen LogP contribution is 2.47. The molecule has 3 nitrogen and oxygen atoms in total. The van der Waals surface area contributed by atoms with Crippen molar-refractivity contribution in [3.8, 4) is 22.6 Å². The molecule has 0 aliphatic heterocycles. The zero-order valence-electron chi connectivity index (χ0n) is 20.0. The van der Waals surface area contributed by atoms with Gasteiger partial charge in [-0.3, -0.25) is 4.79 Å². The van der Waals surface area contributed by atoms with E-state index in [0.717, 1.165) is 13.2 Å². The molecular weight excluding hydrogens is 505 g/mol. The number of alkyl halides is 6. The first kappa shape index (κ1) is 28.0. The third-order valence-electron chi connectivity index (χ3n) is 5.52. The number of ether oxygens (including phenoxy) is 2. The van der Waals surface area contributed by atoms with Crippen LogP contribution in [0.4, 0.5) is 30.7 Å². The fourth-order valence-electron chi connectivity index (χ4n) is 3.97. The van der Waals surface area contributed by atoms with Crippen molar-refractivity contribution in [3.63, 3.8) is 0 Å². The highest BCUT2D eigenvalue weighted by Gasteiger charge is 2.42. The first-order valence-electron chi connectivity index (χ1n) is 11.1. The Bertz CT molecular complexity index is 1250. The summed E-state index contributed by atoms with van der Waals surface area (Å²) in [6, 6.07) is 11.5. The van der Waals surface area contributed by atoms with Gasteiger partial charge in [-0.1, -0.05) is 44.2 Å². The summed E-state index contributed by atoms with van der Waals surface area (Å²) >= 11 is 0. The van der Waals surface area contributed by atoms with E-state index in [9.17, 15) is 35.5 Å². The average molecular weight is 528 g/mol. The Morgan fingerprint density at radius 1 is 0.865 bits per heavy atom. The summed E-state index contributed by atoms with van der Waals surface area (Å²) < 4.78 is 107. The van der Waals surface area contributed by atoms with E-state index < -0.39 is 58.2 Å². The Balaban J connectivity index is 2.33. The second-order valence-electron chi connectivity index (χ2n) is 8.78. The van der Waals surface area contributed by atoms with Crippen molar-refractivity contribution in [1.29, 1.82) is 0 Å². The van der Waals surface area contributed by atoms with Gasteiger partial charge in [0.1, 0.15) is 22.9 Å². The lowest BCUT2D eigenvalue weighted by molar-refractivity contribution is -0.145. The smallest absolute Gasteiger partial charge is 0.420 e. The number of methoxy groups -OCH3 is 1. The minimum absolute atomic E-state index is 0.00831. The monoisotopic (exact) mass is 528 g/mol. The lowest BCUT2D eigenvalue weighted by Crippen LogP contribution is -2.21. The summed E-state index contributed by atoms with van der Waals surface area (Å²) in [7, 11) is 1.05. The predicted molar refractivity (Wildman–Crippen MR) is 123 cm³/mol. The molecule has 3 aromatic rings. The molecule has 0 bridgehead atoms. The SMILES string of the molecule is COC(=O)C(CC(C)C)c1cc(-c2ccccc2)cc(Oc2cc(F)cc(C(F)(F)F)c2)c1C(F)(F)F. The Hall–Kier alpha value is -3.56. The molecule has 198 valence electrons. The Kier molecular flexibility index (Phi) is 8.19. The van der Waals surface area contributed by atoms with Gasteiger partial charge in [0.2, 0.25) is 0 Å². The topological polar surface area (TPSA) is 35.5 Å². The molecule has 37 heavy (non-hydrogen) atoms. The second-order valence-corrected chi connectivity index (χ2v) is 8.78. The Morgan fingerprint density at radius 2 is 1.51 bits per heavy atom. The fourth-order valence-corrected chi connectivity index (χ4v) is 3.97. The molecule has 0 fully saturated rings. The normalized spacial score (nSPS) is 12.9. The molecule has 0 aliphatic carbocycles. The molecule has 0 aliphatic rings. The van der Waals surface area contributed by atoms with Gasteiger partial charge in [-0.05, 0) is 53.3 Å². The van der Waals surface area contributed by atoms with Crippen LogP contribution in [0.1, 0.15) is 42.9 Å². The van der Waals surface area contributed by atoms with Crippen LogP contribution in [0.2, 0.25) is 0 Å².